The van der Waals surface area contributed by atoms with E-state index in [1.54, 1.807) is 4.72 Å². The maximum atomic E-state index is 12.0. The second-order valence-corrected chi connectivity index (χ2v) is 5.69. The molecule has 114 valence electrons. The minimum absolute atomic E-state index is 0.133. The zero-order valence-electron chi connectivity index (χ0n) is 10.5. The van der Waals surface area contributed by atoms with Crippen LogP contribution in [0, 0.1) is 13.8 Å². The average molecular weight is 315 g/mol. The summed E-state index contributed by atoms with van der Waals surface area (Å²) in [5.41, 5.74) is -0.581. The molecule has 0 aliphatic rings. The van der Waals surface area contributed by atoms with Crippen LogP contribution < -0.4 is 4.72 Å². The van der Waals surface area contributed by atoms with E-state index in [1.807, 2.05) is 0 Å². The summed E-state index contributed by atoms with van der Waals surface area (Å²) in [5, 5.41) is 8.95. The molecule has 0 fully saturated rings. The van der Waals surface area contributed by atoms with Crippen molar-refractivity contribution in [3.63, 3.8) is 0 Å². The van der Waals surface area contributed by atoms with Crippen molar-refractivity contribution in [3.8, 4) is 0 Å². The van der Waals surface area contributed by atoms with Crippen LogP contribution in [-0.2, 0) is 10.0 Å². The molecule has 6 nitrogen and oxygen atoms in total. The number of carboxylic acids is 1. The maximum Gasteiger partial charge on any atom is 0.390 e. The van der Waals surface area contributed by atoms with Gasteiger partial charge >= 0.3 is 12.1 Å². The van der Waals surface area contributed by atoms with Gasteiger partial charge in [-0.2, -0.15) is 13.2 Å². The fourth-order valence-corrected chi connectivity index (χ4v) is 3.07. The highest BCUT2D eigenvalue weighted by atomic mass is 32.2. The first-order chi connectivity index (χ1) is 8.96. The van der Waals surface area contributed by atoms with Gasteiger partial charge in [0.25, 0.3) is 0 Å². The normalized spacial score (nSPS) is 12.7. The number of hydrogen-bond donors (Lipinski definition) is 2. The number of aromatic carboxylic acids is 1. The van der Waals surface area contributed by atoms with Crippen LogP contribution >= 0.6 is 0 Å². The van der Waals surface area contributed by atoms with E-state index < -0.39 is 45.6 Å². The Morgan fingerprint density at radius 3 is 2.30 bits per heavy atom. The lowest BCUT2D eigenvalue weighted by Gasteiger charge is -2.08. The third kappa shape index (κ3) is 3.73. The van der Waals surface area contributed by atoms with Crippen LogP contribution in [0.5, 0.6) is 0 Å². The molecule has 0 saturated carbocycles. The topological polar surface area (TPSA) is 96.6 Å². The first-order valence-electron chi connectivity index (χ1n) is 5.35. The lowest BCUT2D eigenvalue weighted by molar-refractivity contribution is -0.132. The van der Waals surface area contributed by atoms with Gasteiger partial charge in [-0.15, -0.1) is 0 Å². The van der Waals surface area contributed by atoms with Crippen molar-refractivity contribution in [1.29, 1.82) is 0 Å². The van der Waals surface area contributed by atoms with Crippen LogP contribution in [-0.4, -0.2) is 32.2 Å². The van der Waals surface area contributed by atoms with Gasteiger partial charge in [0.15, 0.2) is 0 Å². The molecule has 2 N–H and O–H groups in total. The highest BCUT2D eigenvalue weighted by Gasteiger charge is 2.32. The fraction of sp³-hybridized carbons (Fsp3) is 0.500. The number of carboxylic acid groups (broad SMARTS) is 1. The van der Waals surface area contributed by atoms with Gasteiger partial charge in [0, 0.05) is 6.54 Å². The van der Waals surface area contributed by atoms with Crippen molar-refractivity contribution >= 4 is 16.0 Å². The summed E-state index contributed by atoms with van der Waals surface area (Å²) in [5.74, 6) is -1.86. The second-order valence-electron chi connectivity index (χ2n) is 3.99. The van der Waals surface area contributed by atoms with E-state index in [0.717, 1.165) is 0 Å². The smallest absolute Gasteiger partial charge is 0.390 e. The lowest BCUT2D eigenvalue weighted by Crippen LogP contribution is -2.29. The third-order valence-electron chi connectivity index (χ3n) is 2.39. The zero-order valence-corrected chi connectivity index (χ0v) is 11.4. The second kappa shape index (κ2) is 5.44. The Bertz CT molecular complexity index is 618. The molecular formula is C10H12F3NO5S. The van der Waals surface area contributed by atoms with E-state index in [4.69, 9.17) is 9.52 Å². The number of carbonyl (C=O) groups is 1. The summed E-state index contributed by atoms with van der Waals surface area (Å²) < 4.78 is 66.3. The van der Waals surface area contributed by atoms with Crippen LogP contribution in [0.2, 0.25) is 0 Å². The molecule has 1 aromatic rings. The van der Waals surface area contributed by atoms with E-state index in [0.29, 0.717) is 0 Å². The molecular weight excluding hydrogens is 303 g/mol. The van der Waals surface area contributed by atoms with Crippen molar-refractivity contribution in [1.82, 2.24) is 4.72 Å². The van der Waals surface area contributed by atoms with Crippen LogP contribution in [0.3, 0.4) is 0 Å². The van der Waals surface area contributed by atoms with Crippen molar-refractivity contribution in [2.75, 3.05) is 6.54 Å². The number of furan rings is 1. The van der Waals surface area contributed by atoms with Crippen LogP contribution in [0.1, 0.15) is 28.3 Å². The number of nitrogens with one attached hydrogen (secondary N) is 1. The SMILES string of the molecule is Cc1oc(C)c(S(=O)(=O)NCCC(F)(F)F)c1C(=O)O. The van der Waals surface area contributed by atoms with Gasteiger partial charge in [0.1, 0.15) is 22.0 Å². The number of rotatable bonds is 5. The molecule has 0 radical (unpaired) electrons. The Morgan fingerprint density at radius 1 is 1.30 bits per heavy atom. The number of hydrogen-bond acceptors (Lipinski definition) is 4. The van der Waals surface area contributed by atoms with Gasteiger partial charge in [-0.05, 0) is 13.8 Å². The molecule has 0 amide bonds. The summed E-state index contributed by atoms with van der Waals surface area (Å²) in [7, 11) is -4.39. The Balaban J connectivity index is 3.08. The van der Waals surface area contributed by atoms with Crippen molar-refractivity contribution in [2.24, 2.45) is 0 Å². The Hall–Kier alpha value is -1.55. The van der Waals surface area contributed by atoms with Gasteiger partial charge < -0.3 is 9.52 Å². The van der Waals surface area contributed by atoms with Gasteiger partial charge in [-0.1, -0.05) is 0 Å². The predicted octanol–water partition coefficient (Wildman–Crippen LogP) is 1.83. The highest BCUT2D eigenvalue weighted by Crippen LogP contribution is 2.26. The van der Waals surface area contributed by atoms with Crippen molar-refractivity contribution in [3.05, 3.63) is 17.1 Å². The number of aryl methyl sites for hydroxylation is 2. The molecule has 0 spiro atoms. The Morgan fingerprint density at radius 2 is 1.85 bits per heavy atom. The molecule has 20 heavy (non-hydrogen) atoms. The monoisotopic (exact) mass is 315 g/mol. The standard InChI is InChI=1S/C10H12F3NO5S/c1-5-7(9(15)16)8(6(2)19-5)20(17,18)14-4-3-10(11,12)13/h14H,3-4H2,1-2H3,(H,15,16). The van der Waals surface area contributed by atoms with Gasteiger partial charge in [-0.3, -0.25) is 0 Å². The highest BCUT2D eigenvalue weighted by molar-refractivity contribution is 7.89. The van der Waals surface area contributed by atoms with E-state index in [1.165, 1.54) is 13.8 Å². The number of halogens is 3. The molecule has 0 aromatic carbocycles. The Labute approximate surface area is 112 Å². The predicted molar refractivity (Wildman–Crippen MR) is 61.0 cm³/mol. The quantitative estimate of drug-likeness (QED) is 0.864. The first-order valence-corrected chi connectivity index (χ1v) is 6.83. The maximum absolute atomic E-state index is 12.0. The molecule has 0 aliphatic heterocycles. The molecule has 10 heteroatoms. The van der Waals surface area contributed by atoms with Gasteiger partial charge in [-0.25, -0.2) is 17.9 Å². The fourth-order valence-electron chi connectivity index (χ4n) is 1.63. The molecule has 1 heterocycles. The van der Waals surface area contributed by atoms with E-state index >= 15 is 0 Å². The van der Waals surface area contributed by atoms with Crippen molar-refractivity contribution < 1.29 is 35.9 Å². The lowest BCUT2D eigenvalue weighted by atomic mass is 10.2. The first kappa shape index (κ1) is 16.5. The summed E-state index contributed by atoms with van der Waals surface area (Å²) >= 11 is 0. The summed E-state index contributed by atoms with van der Waals surface area (Å²) in [6.07, 6.45) is -5.87. The molecule has 1 aromatic heterocycles. The van der Waals surface area contributed by atoms with Crippen LogP contribution in [0.4, 0.5) is 13.2 Å². The largest absolute Gasteiger partial charge is 0.478 e. The zero-order chi connectivity index (χ0) is 15.7. The van der Waals surface area contributed by atoms with Crippen LogP contribution in [0.15, 0.2) is 9.31 Å². The summed E-state index contributed by atoms with van der Waals surface area (Å²) in [6.45, 7) is 1.59. The molecule has 0 unspecified atom stereocenters. The van der Waals surface area contributed by atoms with E-state index in [2.05, 4.69) is 0 Å². The third-order valence-corrected chi connectivity index (χ3v) is 4.00. The molecule has 1 rings (SSSR count). The van der Waals surface area contributed by atoms with Crippen LogP contribution in [0.25, 0.3) is 0 Å². The van der Waals surface area contributed by atoms with E-state index in [-0.39, 0.29) is 11.5 Å². The molecule has 0 aliphatic carbocycles. The minimum atomic E-state index is -4.51. The number of alkyl halides is 3. The Kier molecular flexibility index (Phi) is 4.49. The minimum Gasteiger partial charge on any atom is -0.478 e. The van der Waals surface area contributed by atoms with E-state index in [9.17, 15) is 26.4 Å². The summed E-state index contributed by atoms with van der Waals surface area (Å²) in [6, 6.07) is 0. The molecule has 0 saturated heterocycles. The average Bonchev–Trinajstić information content (AvgIpc) is 2.51. The van der Waals surface area contributed by atoms with Gasteiger partial charge in [0.05, 0.1) is 6.42 Å². The molecule has 0 atom stereocenters. The van der Waals surface area contributed by atoms with Gasteiger partial charge in [0.2, 0.25) is 10.0 Å². The number of sulfonamides is 1. The summed E-state index contributed by atoms with van der Waals surface area (Å²) in [4.78, 5) is 10.4. The molecule has 0 bridgehead atoms. The van der Waals surface area contributed by atoms with Crippen molar-refractivity contribution in [2.45, 2.75) is 31.3 Å².